The monoisotopic (exact) mass is 502 g/mol. The zero-order valence-electron chi connectivity index (χ0n) is 20.3. The minimum absolute atomic E-state index is 0.262. The van der Waals surface area contributed by atoms with E-state index in [4.69, 9.17) is 19.2 Å². The summed E-state index contributed by atoms with van der Waals surface area (Å²) >= 11 is 1.39. The maximum Gasteiger partial charge on any atom is 0.341 e. The van der Waals surface area contributed by atoms with Crippen molar-refractivity contribution < 1.29 is 23.8 Å². The summed E-state index contributed by atoms with van der Waals surface area (Å²) in [7, 11) is 0. The van der Waals surface area contributed by atoms with Crippen LogP contribution in [0.5, 0.6) is 11.5 Å². The van der Waals surface area contributed by atoms with Crippen molar-refractivity contribution in [3.63, 3.8) is 0 Å². The van der Waals surface area contributed by atoms with Crippen molar-refractivity contribution in [1.29, 1.82) is 0 Å². The van der Waals surface area contributed by atoms with E-state index in [1.807, 2.05) is 56.3 Å². The first kappa shape index (κ1) is 23.8. The lowest BCUT2D eigenvalue weighted by molar-refractivity contribution is 0.0527. The number of pyridine rings is 1. The van der Waals surface area contributed by atoms with Gasteiger partial charge in [-0.05, 0) is 56.2 Å². The third kappa shape index (κ3) is 4.40. The van der Waals surface area contributed by atoms with E-state index in [-0.39, 0.29) is 12.5 Å². The van der Waals surface area contributed by atoms with Crippen molar-refractivity contribution in [2.24, 2.45) is 0 Å². The maximum atomic E-state index is 13.7. The molecule has 5 rings (SSSR count). The zero-order chi connectivity index (χ0) is 25.2. The average molecular weight is 503 g/mol. The van der Waals surface area contributed by atoms with Crippen LogP contribution >= 0.6 is 11.3 Å². The number of amides is 1. The van der Waals surface area contributed by atoms with Gasteiger partial charge in [-0.2, -0.15) is 0 Å². The molecule has 0 atom stereocenters. The van der Waals surface area contributed by atoms with Gasteiger partial charge < -0.3 is 19.5 Å². The number of nitrogens with one attached hydrogen (secondary N) is 1. The molecular formula is C28H26N2O5S. The Morgan fingerprint density at radius 2 is 1.83 bits per heavy atom. The summed E-state index contributed by atoms with van der Waals surface area (Å²) in [5.41, 5.74) is 3.93. The van der Waals surface area contributed by atoms with Crippen molar-refractivity contribution >= 4 is 39.1 Å². The number of carbonyl (C=O) groups excluding carboxylic acids is 2. The molecule has 0 bridgehead atoms. The molecule has 0 unspecified atom stereocenters. The molecule has 2 aromatic carbocycles. The molecule has 36 heavy (non-hydrogen) atoms. The number of aryl methyl sites for hydroxylation is 1. The third-order valence-corrected chi connectivity index (χ3v) is 7.13. The number of fused-ring (bicyclic) bond motifs is 2. The zero-order valence-corrected chi connectivity index (χ0v) is 21.2. The van der Waals surface area contributed by atoms with E-state index in [9.17, 15) is 9.59 Å². The maximum absolute atomic E-state index is 13.7. The van der Waals surface area contributed by atoms with E-state index < -0.39 is 5.97 Å². The Hall–Kier alpha value is -3.91. The van der Waals surface area contributed by atoms with Crippen molar-refractivity contribution in [1.82, 2.24) is 4.98 Å². The summed E-state index contributed by atoms with van der Waals surface area (Å²) in [4.78, 5) is 32.2. The Bertz CT molecular complexity index is 1480. The van der Waals surface area contributed by atoms with E-state index in [2.05, 4.69) is 5.32 Å². The second kappa shape index (κ2) is 9.99. The molecule has 0 spiro atoms. The highest BCUT2D eigenvalue weighted by Gasteiger charge is 2.25. The van der Waals surface area contributed by atoms with Gasteiger partial charge >= 0.3 is 5.97 Å². The lowest BCUT2D eigenvalue weighted by atomic mass is 10.0. The molecule has 7 nitrogen and oxygen atoms in total. The van der Waals surface area contributed by atoms with Gasteiger partial charge in [0.2, 0.25) is 0 Å². The molecule has 3 heterocycles. The lowest BCUT2D eigenvalue weighted by Gasteiger charge is -2.19. The summed E-state index contributed by atoms with van der Waals surface area (Å²) in [5.74, 6) is 0.599. The van der Waals surface area contributed by atoms with Crippen molar-refractivity contribution in [2.45, 2.75) is 27.2 Å². The van der Waals surface area contributed by atoms with Crippen LogP contribution in [0.15, 0.2) is 48.5 Å². The van der Waals surface area contributed by atoms with Crippen molar-refractivity contribution in [3.05, 3.63) is 70.1 Å². The van der Waals surface area contributed by atoms with Crippen LogP contribution in [-0.2, 0) is 11.2 Å². The first-order valence-electron chi connectivity index (χ1n) is 11.9. The molecule has 0 saturated carbocycles. The number of carbonyl (C=O) groups is 2. The quantitative estimate of drug-likeness (QED) is 0.324. The van der Waals surface area contributed by atoms with Gasteiger partial charge in [0.05, 0.1) is 28.9 Å². The fourth-order valence-corrected chi connectivity index (χ4v) is 5.52. The normalized spacial score (nSPS) is 12.4. The fraction of sp³-hybridized carbons (Fsp3) is 0.250. The second-order valence-corrected chi connectivity index (χ2v) is 9.52. The van der Waals surface area contributed by atoms with Gasteiger partial charge in [-0.25, -0.2) is 9.78 Å². The number of aromatic nitrogens is 1. The Balaban J connectivity index is 1.57. The summed E-state index contributed by atoms with van der Waals surface area (Å²) in [6.07, 6.45) is 0.665. The molecular weight excluding hydrogens is 476 g/mol. The van der Waals surface area contributed by atoms with E-state index >= 15 is 0 Å². The number of ether oxygens (including phenoxy) is 3. The molecule has 0 radical (unpaired) electrons. The van der Waals surface area contributed by atoms with Crippen LogP contribution in [0.4, 0.5) is 5.00 Å². The van der Waals surface area contributed by atoms with E-state index in [0.717, 1.165) is 21.4 Å². The third-order valence-electron chi connectivity index (χ3n) is 6.07. The van der Waals surface area contributed by atoms with Crippen LogP contribution in [-0.4, -0.2) is 36.7 Å². The van der Waals surface area contributed by atoms with Gasteiger partial charge in [0.1, 0.15) is 18.2 Å². The highest BCUT2D eigenvalue weighted by atomic mass is 32.1. The summed E-state index contributed by atoms with van der Waals surface area (Å²) in [5, 5.41) is 4.20. The first-order chi connectivity index (χ1) is 17.5. The number of para-hydroxylation sites is 1. The molecule has 0 saturated heterocycles. The number of esters is 1. The number of thiophene rings is 1. The predicted octanol–water partition coefficient (Wildman–Crippen LogP) is 6.03. The molecule has 1 aliphatic rings. The second-order valence-electron chi connectivity index (χ2n) is 8.30. The van der Waals surface area contributed by atoms with Gasteiger partial charge in [-0.15, -0.1) is 11.3 Å². The van der Waals surface area contributed by atoms with Gasteiger partial charge in [0.25, 0.3) is 5.91 Å². The highest BCUT2D eigenvalue weighted by Crippen LogP contribution is 2.37. The van der Waals surface area contributed by atoms with Crippen LogP contribution in [0.3, 0.4) is 0 Å². The Labute approximate surface area is 213 Å². The minimum atomic E-state index is -0.425. The van der Waals surface area contributed by atoms with Crippen LogP contribution in [0.25, 0.3) is 22.2 Å². The standard InChI is InChI=1S/C28H26N2O5S/c1-4-18-16(3)36-27(25(18)28(32)33-5-2)30-26(31)20-15-22(29-21-9-7-6-8-19(20)21)17-10-11-23-24(14-17)35-13-12-34-23/h6-11,14-15H,4-5,12-13H2,1-3H3,(H,30,31). The number of benzene rings is 2. The Kier molecular flexibility index (Phi) is 6.61. The van der Waals surface area contributed by atoms with E-state index in [0.29, 0.717) is 58.5 Å². The molecule has 4 aromatic rings. The molecule has 1 aliphatic heterocycles. The number of nitrogens with zero attached hydrogens (tertiary/aromatic N) is 1. The van der Waals surface area contributed by atoms with Crippen LogP contribution < -0.4 is 14.8 Å². The Morgan fingerprint density at radius 1 is 1.06 bits per heavy atom. The number of rotatable bonds is 6. The summed E-state index contributed by atoms with van der Waals surface area (Å²) < 4.78 is 16.7. The summed E-state index contributed by atoms with van der Waals surface area (Å²) in [6.45, 7) is 6.96. The fourth-order valence-electron chi connectivity index (χ4n) is 4.40. The highest BCUT2D eigenvalue weighted by molar-refractivity contribution is 7.16. The lowest BCUT2D eigenvalue weighted by Crippen LogP contribution is -2.16. The van der Waals surface area contributed by atoms with E-state index in [1.54, 1.807) is 13.0 Å². The molecule has 2 aromatic heterocycles. The van der Waals surface area contributed by atoms with Crippen LogP contribution in [0.2, 0.25) is 0 Å². The smallest absolute Gasteiger partial charge is 0.341 e. The van der Waals surface area contributed by atoms with Gasteiger partial charge in [-0.1, -0.05) is 25.1 Å². The van der Waals surface area contributed by atoms with Gasteiger partial charge in [0, 0.05) is 15.8 Å². The summed E-state index contributed by atoms with van der Waals surface area (Å²) in [6, 6.07) is 14.9. The van der Waals surface area contributed by atoms with Crippen LogP contribution in [0, 0.1) is 6.92 Å². The molecule has 1 amide bonds. The van der Waals surface area contributed by atoms with Gasteiger partial charge in [-0.3, -0.25) is 4.79 Å². The largest absolute Gasteiger partial charge is 0.486 e. The topological polar surface area (TPSA) is 86.8 Å². The first-order valence-corrected chi connectivity index (χ1v) is 12.7. The van der Waals surface area contributed by atoms with Crippen LogP contribution in [0.1, 0.15) is 45.0 Å². The van der Waals surface area contributed by atoms with Crippen molar-refractivity contribution in [2.75, 3.05) is 25.1 Å². The number of anilines is 1. The SMILES string of the molecule is CCOC(=O)c1c(NC(=O)c2cc(-c3ccc4c(c3)OCCO4)nc3ccccc23)sc(C)c1CC. The number of hydrogen-bond donors (Lipinski definition) is 1. The Morgan fingerprint density at radius 3 is 2.61 bits per heavy atom. The minimum Gasteiger partial charge on any atom is -0.486 e. The molecule has 184 valence electrons. The average Bonchev–Trinajstić information content (AvgIpc) is 3.22. The predicted molar refractivity (Wildman–Crippen MR) is 141 cm³/mol. The molecule has 0 aliphatic carbocycles. The molecule has 0 fully saturated rings. The van der Waals surface area contributed by atoms with E-state index in [1.165, 1.54) is 11.3 Å². The molecule has 8 heteroatoms. The molecule has 1 N–H and O–H groups in total. The number of hydrogen-bond acceptors (Lipinski definition) is 7. The van der Waals surface area contributed by atoms with Crippen molar-refractivity contribution in [3.8, 4) is 22.8 Å². The van der Waals surface area contributed by atoms with Gasteiger partial charge in [0.15, 0.2) is 11.5 Å².